The quantitative estimate of drug-likeness (QED) is 0.264. The number of primary amides is 1. The molecular weight excluding hydrogens is 628 g/mol. The van der Waals surface area contributed by atoms with E-state index in [-0.39, 0.29) is 57.4 Å². The van der Waals surface area contributed by atoms with Crippen LogP contribution in [0.3, 0.4) is 0 Å². The zero-order valence-electron chi connectivity index (χ0n) is 25.2. The van der Waals surface area contributed by atoms with Crippen LogP contribution in [0, 0.1) is 11.6 Å². The van der Waals surface area contributed by atoms with Crippen molar-refractivity contribution in [2.45, 2.75) is 12.8 Å². The fraction of sp³-hybridized carbons (Fsp3) is 0.147. The molecule has 14 heteroatoms. The highest BCUT2D eigenvalue weighted by atomic mass is 19.1. The van der Waals surface area contributed by atoms with Crippen LogP contribution >= 0.6 is 0 Å². The smallest absolute Gasteiger partial charge is 0.273 e. The zero-order chi connectivity index (χ0) is 33.7. The van der Waals surface area contributed by atoms with E-state index in [2.05, 4.69) is 10.3 Å². The number of nitrogens with zero attached hydrogens (tertiary/aromatic N) is 3. The summed E-state index contributed by atoms with van der Waals surface area (Å²) in [5.41, 5.74) is 5.17. The number of halogens is 2. The average Bonchev–Trinajstić information content (AvgIpc) is 3.55. The number of ether oxygens (including phenoxy) is 3. The van der Waals surface area contributed by atoms with Crippen molar-refractivity contribution >= 4 is 34.3 Å². The summed E-state index contributed by atoms with van der Waals surface area (Å²) >= 11 is 0. The topological polar surface area (TPSA) is 155 Å². The van der Waals surface area contributed by atoms with Gasteiger partial charge in [-0.05, 0) is 42.0 Å². The number of aromatic nitrogens is 2. The lowest BCUT2D eigenvalue weighted by atomic mass is 9.98. The predicted octanol–water partition coefficient (Wildman–Crippen LogP) is 4.31. The Morgan fingerprint density at radius 3 is 2.52 bits per heavy atom. The molecule has 0 aliphatic carbocycles. The normalized spacial score (nSPS) is 15.2. The van der Waals surface area contributed by atoms with Crippen molar-refractivity contribution in [1.29, 1.82) is 0 Å². The number of nitrogens with two attached hydrogens (primary N) is 1. The maximum atomic E-state index is 15.4. The number of methoxy groups -OCH3 is 1. The van der Waals surface area contributed by atoms with Gasteiger partial charge in [0.15, 0.2) is 17.8 Å². The van der Waals surface area contributed by atoms with Gasteiger partial charge in [0.1, 0.15) is 28.6 Å². The summed E-state index contributed by atoms with van der Waals surface area (Å²) in [5, 5.41) is 2.91. The maximum Gasteiger partial charge on any atom is 0.273 e. The first kappa shape index (κ1) is 30.5. The van der Waals surface area contributed by atoms with Crippen molar-refractivity contribution in [2.75, 3.05) is 25.6 Å². The van der Waals surface area contributed by atoms with Gasteiger partial charge in [-0.1, -0.05) is 12.1 Å². The summed E-state index contributed by atoms with van der Waals surface area (Å²) < 4.78 is 47.3. The van der Waals surface area contributed by atoms with E-state index < -0.39 is 41.0 Å². The summed E-state index contributed by atoms with van der Waals surface area (Å²) in [4.78, 5) is 58.5. The fourth-order valence-corrected chi connectivity index (χ4v) is 5.87. The largest absolute Gasteiger partial charge is 0.496 e. The number of amides is 3. The molecule has 2 aliphatic heterocycles. The van der Waals surface area contributed by atoms with Crippen molar-refractivity contribution in [1.82, 2.24) is 14.5 Å². The van der Waals surface area contributed by atoms with Crippen LogP contribution in [0.25, 0.3) is 22.0 Å². The van der Waals surface area contributed by atoms with Crippen molar-refractivity contribution < 1.29 is 37.4 Å². The van der Waals surface area contributed by atoms with Gasteiger partial charge in [-0.3, -0.25) is 24.2 Å². The average molecular weight is 654 g/mol. The first-order valence-electron chi connectivity index (χ1n) is 14.6. The Labute approximate surface area is 270 Å². The lowest BCUT2D eigenvalue weighted by Gasteiger charge is -2.32. The highest BCUT2D eigenvalue weighted by Gasteiger charge is 2.39. The van der Waals surface area contributed by atoms with Gasteiger partial charge >= 0.3 is 0 Å². The Balaban J connectivity index is 1.20. The van der Waals surface area contributed by atoms with Crippen LogP contribution in [-0.4, -0.2) is 58.7 Å². The van der Waals surface area contributed by atoms with E-state index in [1.54, 1.807) is 0 Å². The monoisotopic (exact) mass is 653 g/mol. The molecule has 48 heavy (non-hydrogen) atoms. The number of carbonyl (C=O) groups is 3. The first-order chi connectivity index (χ1) is 23.1. The Bertz CT molecular complexity index is 2220. The van der Waals surface area contributed by atoms with E-state index >= 15 is 4.39 Å². The Hall–Kier alpha value is -6.15. The highest BCUT2D eigenvalue weighted by molar-refractivity contribution is 6.07. The SMILES string of the molecule is COc1cc2nccc(Oc3ccc(NC(=O)c4cn5c(c(-c6ccc(F)cc6)c4=O)C(=O)N4CCOC4C5)cc3F)c2cc1C(N)=O. The van der Waals surface area contributed by atoms with Crippen molar-refractivity contribution in [3.05, 3.63) is 112 Å². The van der Waals surface area contributed by atoms with E-state index in [0.29, 0.717) is 24.1 Å². The Kier molecular flexibility index (Phi) is 7.56. The number of benzene rings is 3. The number of carbonyl (C=O) groups excluding carboxylic acids is 3. The number of hydrogen-bond donors (Lipinski definition) is 2. The molecule has 5 aromatic rings. The Morgan fingerprint density at radius 2 is 1.79 bits per heavy atom. The van der Waals surface area contributed by atoms with Crippen molar-refractivity contribution in [3.8, 4) is 28.4 Å². The number of hydrogen-bond acceptors (Lipinski definition) is 8. The van der Waals surface area contributed by atoms with Crippen LogP contribution in [-0.2, 0) is 11.3 Å². The lowest BCUT2D eigenvalue weighted by Crippen LogP contribution is -2.46. The molecule has 3 amide bonds. The summed E-state index contributed by atoms with van der Waals surface area (Å²) in [5.74, 6) is -3.24. The molecule has 3 aromatic carbocycles. The molecule has 0 saturated carbocycles. The number of nitrogens with one attached hydrogen (secondary N) is 1. The summed E-state index contributed by atoms with van der Waals surface area (Å²) in [7, 11) is 1.38. The third-order valence-electron chi connectivity index (χ3n) is 8.16. The van der Waals surface area contributed by atoms with Gasteiger partial charge in [-0.15, -0.1) is 0 Å². The van der Waals surface area contributed by atoms with Crippen LogP contribution < -0.4 is 26.0 Å². The van der Waals surface area contributed by atoms with Gasteiger partial charge in [0.25, 0.3) is 17.7 Å². The molecule has 12 nitrogen and oxygen atoms in total. The number of rotatable bonds is 7. The molecule has 1 unspecified atom stereocenters. The van der Waals surface area contributed by atoms with Gasteiger partial charge < -0.3 is 34.7 Å². The molecular formula is C34H25F2N5O7. The minimum atomic E-state index is -0.859. The second kappa shape index (κ2) is 11.9. The van der Waals surface area contributed by atoms with Crippen LogP contribution in [0.1, 0.15) is 31.2 Å². The molecule has 3 N–H and O–H groups in total. The molecule has 0 spiro atoms. The minimum absolute atomic E-state index is 0.0111. The van der Waals surface area contributed by atoms with E-state index in [0.717, 1.165) is 18.2 Å². The molecule has 7 rings (SSSR count). The first-order valence-corrected chi connectivity index (χ1v) is 14.6. The van der Waals surface area contributed by atoms with E-state index in [1.165, 1.54) is 71.4 Å². The molecule has 4 heterocycles. The lowest BCUT2D eigenvalue weighted by molar-refractivity contribution is 0.00908. The van der Waals surface area contributed by atoms with E-state index in [4.69, 9.17) is 19.9 Å². The summed E-state index contributed by atoms with van der Waals surface area (Å²) in [6.45, 7) is 0.822. The third kappa shape index (κ3) is 5.27. The second-order valence-electron chi connectivity index (χ2n) is 11.0. The van der Waals surface area contributed by atoms with Crippen LogP contribution in [0.5, 0.6) is 17.2 Å². The molecule has 0 bridgehead atoms. The van der Waals surface area contributed by atoms with Crippen LogP contribution in [0.4, 0.5) is 14.5 Å². The van der Waals surface area contributed by atoms with Crippen molar-refractivity contribution in [2.24, 2.45) is 5.73 Å². The van der Waals surface area contributed by atoms with Gasteiger partial charge in [0, 0.05) is 42.1 Å². The fourth-order valence-electron chi connectivity index (χ4n) is 5.87. The molecule has 242 valence electrons. The van der Waals surface area contributed by atoms with Gasteiger partial charge in [0.2, 0.25) is 5.43 Å². The van der Waals surface area contributed by atoms with Gasteiger partial charge in [-0.2, -0.15) is 0 Å². The molecule has 2 aromatic heterocycles. The van der Waals surface area contributed by atoms with E-state index in [1.807, 2.05) is 0 Å². The predicted molar refractivity (Wildman–Crippen MR) is 168 cm³/mol. The standard InChI is InChI=1S/C34H25F2N5O7/c1-46-27-14-24-20(13-21(27)32(37)43)25(8-9-38-24)48-26-7-6-19(12-23(26)36)39-33(44)22-15-40-16-28-41(10-11-47-28)34(45)30(40)29(31(22)42)17-2-4-18(35)5-3-17/h2-9,12-15,28H,10-11,16H2,1H3,(H2,37,43)(H,39,44). The van der Waals surface area contributed by atoms with E-state index in [9.17, 15) is 23.6 Å². The Morgan fingerprint density at radius 1 is 1.00 bits per heavy atom. The highest BCUT2D eigenvalue weighted by Crippen LogP contribution is 2.35. The van der Waals surface area contributed by atoms with Crippen LogP contribution in [0.2, 0.25) is 0 Å². The molecule has 1 atom stereocenters. The second-order valence-corrected chi connectivity index (χ2v) is 11.0. The number of anilines is 1. The minimum Gasteiger partial charge on any atom is -0.496 e. The summed E-state index contributed by atoms with van der Waals surface area (Å²) in [6, 6.07) is 13.1. The molecule has 1 saturated heterocycles. The number of fused-ring (bicyclic) bond motifs is 3. The zero-order valence-corrected chi connectivity index (χ0v) is 25.2. The molecule has 2 aliphatic rings. The number of pyridine rings is 2. The third-order valence-corrected chi connectivity index (χ3v) is 8.16. The van der Waals surface area contributed by atoms with Crippen LogP contribution in [0.15, 0.2) is 77.9 Å². The summed E-state index contributed by atoms with van der Waals surface area (Å²) in [6.07, 6.45) is 2.14. The van der Waals surface area contributed by atoms with Gasteiger partial charge in [0.05, 0.1) is 36.9 Å². The maximum absolute atomic E-state index is 15.4. The van der Waals surface area contributed by atoms with Gasteiger partial charge in [-0.25, -0.2) is 8.78 Å². The van der Waals surface area contributed by atoms with Crippen molar-refractivity contribution in [3.63, 3.8) is 0 Å². The molecule has 1 fully saturated rings. The molecule has 0 radical (unpaired) electrons.